The number of ether oxygens (including phenoxy) is 5. The second-order valence-corrected chi connectivity index (χ2v) is 3.11. The van der Waals surface area contributed by atoms with Crippen molar-refractivity contribution in [2.45, 2.75) is 6.92 Å². The number of benzene rings is 1. The van der Waals surface area contributed by atoms with Crippen LogP contribution in [0.5, 0.6) is 28.7 Å². The van der Waals surface area contributed by atoms with Crippen molar-refractivity contribution in [1.29, 1.82) is 0 Å². The Morgan fingerprint density at radius 2 is 1.94 bits per heavy atom. The molecule has 0 bridgehead atoms. The van der Waals surface area contributed by atoms with Crippen LogP contribution in [0.2, 0.25) is 0 Å². The fourth-order valence-electron chi connectivity index (χ4n) is 1.61. The van der Waals surface area contributed by atoms with Crippen molar-refractivity contribution in [3.8, 4) is 28.7 Å². The van der Waals surface area contributed by atoms with Crippen LogP contribution in [-0.2, 0) is 0 Å². The van der Waals surface area contributed by atoms with Crippen LogP contribution < -0.4 is 23.7 Å². The molecule has 0 aliphatic carbocycles. The molecule has 0 saturated carbocycles. The van der Waals surface area contributed by atoms with Crippen LogP contribution in [0.25, 0.3) is 0 Å². The Bertz CT molecular complexity index is 388. The first kappa shape index (κ1) is 10.7. The van der Waals surface area contributed by atoms with Crippen molar-refractivity contribution in [3.05, 3.63) is 6.07 Å². The Hall–Kier alpha value is -1.78. The molecule has 88 valence electrons. The number of hydrogen-bond donors (Lipinski definition) is 0. The SMILES string of the molecule is CCOc1cc2c(c(OC)c1OC)OCO2. The molecule has 0 radical (unpaired) electrons. The number of fused-ring (bicyclic) bond motifs is 1. The van der Waals surface area contributed by atoms with E-state index < -0.39 is 0 Å². The van der Waals surface area contributed by atoms with Crippen molar-refractivity contribution >= 4 is 0 Å². The lowest BCUT2D eigenvalue weighted by molar-refractivity contribution is 0.170. The normalized spacial score (nSPS) is 12.4. The van der Waals surface area contributed by atoms with Gasteiger partial charge in [-0.1, -0.05) is 0 Å². The Balaban J connectivity index is 2.54. The summed E-state index contributed by atoms with van der Waals surface area (Å²) in [5.74, 6) is 2.78. The fraction of sp³-hybridized carbons (Fsp3) is 0.455. The van der Waals surface area contributed by atoms with Crippen molar-refractivity contribution in [1.82, 2.24) is 0 Å². The first-order valence-electron chi connectivity index (χ1n) is 4.99. The van der Waals surface area contributed by atoms with E-state index in [0.717, 1.165) is 0 Å². The Labute approximate surface area is 93.8 Å². The molecule has 16 heavy (non-hydrogen) atoms. The molecular formula is C11H14O5. The minimum atomic E-state index is 0.185. The van der Waals surface area contributed by atoms with Gasteiger partial charge < -0.3 is 23.7 Å². The highest BCUT2D eigenvalue weighted by Crippen LogP contribution is 2.51. The molecule has 1 aliphatic heterocycles. The zero-order valence-electron chi connectivity index (χ0n) is 9.53. The van der Waals surface area contributed by atoms with Gasteiger partial charge in [-0.15, -0.1) is 0 Å². The van der Waals surface area contributed by atoms with Crippen LogP contribution >= 0.6 is 0 Å². The molecule has 0 N–H and O–H groups in total. The maximum absolute atomic E-state index is 5.46. The van der Waals surface area contributed by atoms with E-state index in [0.29, 0.717) is 35.4 Å². The van der Waals surface area contributed by atoms with Gasteiger partial charge >= 0.3 is 0 Å². The number of rotatable bonds is 4. The number of hydrogen-bond acceptors (Lipinski definition) is 5. The lowest BCUT2D eigenvalue weighted by atomic mass is 10.2. The van der Waals surface area contributed by atoms with E-state index in [-0.39, 0.29) is 6.79 Å². The molecule has 0 fully saturated rings. The maximum atomic E-state index is 5.46. The van der Waals surface area contributed by atoms with E-state index in [1.165, 1.54) is 0 Å². The van der Waals surface area contributed by atoms with Gasteiger partial charge in [-0.3, -0.25) is 0 Å². The molecule has 0 spiro atoms. The van der Waals surface area contributed by atoms with E-state index in [4.69, 9.17) is 23.7 Å². The van der Waals surface area contributed by atoms with Gasteiger partial charge in [-0.05, 0) is 6.92 Å². The summed E-state index contributed by atoms with van der Waals surface area (Å²) >= 11 is 0. The van der Waals surface area contributed by atoms with Gasteiger partial charge in [0.25, 0.3) is 0 Å². The summed E-state index contributed by atoms with van der Waals surface area (Å²) in [4.78, 5) is 0. The monoisotopic (exact) mass is 226 g/mol. The minimum absolute atomic E-state index is 0.185. The molecule has 0 saturated heterocycles. The topological polar surface area (TPSA) is 46.2 Å². The average Bonchev–Trinajstić information content (AvgIpc) is 2.75. The van der Waals surface area contributed by atoms with Gasteiger partial charge in [0, 0.05) is 6.07 Å². The van der Waals surface area contributed by atoms with Crippen molar-refractivity contribution in [3.63, 3.8) is 0 Å². The molecule has 1 aliphatic rings. The third-order valence-electron chi connectivity index (χ3n) is 2.25. The van der Waals surface area contributed by atoms with Crippen LogP contribution in [0, 0.1) is 0 Å². The summed E-state index contributed by atoms with van der Waals surface area (Å²) in [5, 5.41) is 0. The molecule has 0 atom stereocenters. The maximum Gasteiger partial charge on any atom is 0.231 e. The fourth-order valence-corrected chi connectivity index (χ4v) is 1.61. The largest absolute Gasteiger partial charge is 0.490 e. The molecule has 1 aromatic rings. The van der Waals surface area contributed by atoms with E-state index in [9.17, 15) is 0 Å². The van der Waals surface area contributed by atoms with Gasteiger partial charge in [0.15, 0.2) is 11.5 Å². The lowest BCUT2D eigenvalue weighted by Crippen LogP contribution is -1.98. The molecule has 0 aromatic heterocycles. The van der Waals surface area contributed by atoms with Crippen LogP contribution in [0.3, 0.4) is 0 Å². The predicted octanol–water partition coefficient (Wildman–Crippen LogP) is 1.83. The standard InChI is InChI=1S/C11H14O5/c1-4-14-7-5-8-10(16-6-15-8)11(13-3)9(7)12-2/h5H,4,6H2,1-3H3. The summed E-state index contributed by atoms with van der Waals surface area (Å²) in [6.45, 7) is 2.63. The highest BCUT2D eigenvalue weighted by atomic mass is 16.7. The van der Waals surface area contributed by atoms with E-state index >= 15 is 0 Å². The van der Waals surface area contributed by atoms with Gasteiger partial charge in [0.05, 0.1) is 20.8 Å². The first-order valence-corrected chi connectivity index (χ1v) is 4.99. The summed E-state index contributed by atoms with van der Waals surface area (Å²) < 4.78 is 26.6. The van der Waals surface area contributed by atoms with Gasteiger partial charge in [0.2, 0.25) is 24.0 Å². The number of methoxy groups -OCH3 is 2. The third-order valence-corrected chi connectivity index (χ3v) is 2.25. The summed E-state index contributed by atoms with van der Waals surface area (Å²) in [7, 11) is 3.11. The van der Waals surface area contributed by atoms with Crippen LogP contribution in [-0.4, -0.2) is 27.6 Å². The van der Waals surface area contributed by atoms with Crippen molar-refractivity contribution in [2.75, 3.05) is 27.6 Å². The lowest BCUT2D eigenvalue weighted by Gasteiger charge is -2.14. The van der Waals surface area contributed by atoms with Gasteiger partial charge in [0.1, 0.15) is 0 Å². The van der Waals surface area contributed by atoms with Crippen LogP contribution in [0.4, 0.5) is 0 Å². The molecule has 0 amide bonds. The highest BCUT2D eigenvalue weighted by Gasteiger charge is 2.26. The molecular weight excluding hydrogens is 212 g/mol. The van der Waals surface area contributed by atoms with Gasteiger partial charge in [-0.2, -0.15) is 0 Å². The van der Waals surface area contributed by atoms with Crippen molar-refractivity contribution < 1.29 is 23.7 Å². The predicted molar refractivity (Wildman–Crippen MR) is 56.8 cm³/mol. The smallest absolute Gasteiger partial charge is 0.231 e. The minimum Gasteiger partial charge on any atom is -0.490 e. The zero-order chi connectivity index (χ0) is 11.5. The summed E-state index contributed by atoms with van der Waals surface area (Å²) in [6, 6.07) is 1.74. The highest BCUT2D eigenvalue weighted by molar-refractivity contribution is 5.66. The summed E-state index contributed by atoms with van der Waals surface area (Å²) in [5.41, 5.74) is 0. The quantitative estimate of drug-likeness (QED) is 0.783. The van der Waals surface area contributed by atoms with Crippen molar-refractivity contribution in [2.24, 2.45) is 0 Å². The molecule has 5 nitrogen and oxygen atoms in total. The molecule has 2 rings (SSSR count). The van der Waals surface area contributed by atoms with Crippen LogP contribution in [0.15, 0.2) is 6.07 Å². The second kappa shape index (κ2) is 4.38. The Morgan fingerprint density at radius 3 is 2.56 bits per heavy atom. The van der Waals surface area contributed by atoms with E-state index in [1.54, 1.807) is 20.3 Å². The molecule has 1 aromatic carbocycles. The molecule has 5 heteroatoms. The third kappa shape index (κ3) is 1.58. The Morgan fingerprint density at radius 1 is 1.19 bits per heavy atom. The Kier molecular flexibility index (Phi) is 2.94. The molecule has 0 unspecified atom stereocenters. The van der Waals surface area contributed by atoms with E-state index in [2.05, 4.69) is 0 Å². The average molecular weight is 226 g/mol. The second-order valence-electron chi connectivity index (χ2n) is 3.11. The van der Waals surface area contributed by atoms with E-state index in [1.807, 2.05) is 6.92 Å². The first-order chi connectivity index (χ1) is 7.81. The van der Waals surface area contributed by atoms with Gasteiger partial charge in [-0.25, -0.2) is 0 Å². The molecule has 1 heterocycles. The zero-order valence-corrected chi connectivity index (χ0v) is 9.53. The summed E-state index contributed by atoms with van der Waals surface area (Å²) in [6.07, 6.45) is 0. The van der Waals surface area contributed by atoms with Crippen LogP contribution in [0.1, 0.15) is 6.92 Å².